The summed E-state index contributed by atoms with van der Waals surface area (Å²) >= 11 is 1.03. The molecule has 2 heterocycles. The summed E-state index contributed by atoms with van der Waals surface area (Å²) in [7, 11) is 1.19. The number of aromatic amines is 1. The Bertz CT molecular complexity index is 1440. The van der Waals surface area contributed by atoms with Gasteiger partial charge in [0.25, 0.3) is 12.0 Å². The smallest absolute Gasteiger partial charge is 0.404 e. The van der Waals surface area contributed by atoms with E-state index in [-0.39, 0.29) is 28.4 Å². The average Bonchev–Trinajstić information content (AvgIpc) is 3.54. The summed E-state index contributed by atoms with van der Waals surface area (Å²) in [6, 6.07) is -1.10. The zero-order valence-corrected chi connectivity index (χ0v) is 19.8. The molecule has 0 bridgehead atoms. The van der Waals surface area contributed by atoms with E-state index in [1.54, 1.807) is 0 Å². The molecule has 36 heavy (non-hydrogen) atoms. The molecule has 0 aromatic carbocycles. The lowest BCUT2D eigenvalue weighted by atomic mass is 9.81. The van der Waals surface area contributed by atoms with Crippen LogP contribution in [0, 0.1) is 0 Å². The molecular formula is C23H23F6N3O3S. The highest BCUT2D eigenvalue weighted by Gasteiger charge is 2.46. The van der Waals surface area contributed by atoms with E-state index in [1.807, 2.05) is 4.98 Å². The van der Waals surface area contributed by atoms with E-state index in [0.29, 0.717) is 36.1 Å². The molecule has 4 atom stereocenters. The Labute approximate surface area is 204 Å². The highest BCUT2D eigenvalue weighted by atomic mass is 32.1. The predicted octanol–water partition coefficient (Wildman–Crippen LogP) is 2.55. The second-order valence-electron chi connectivity index (χ2n) is 9.38. The van der Waals surface area contributed by atoms with Crippen LogP contribution in [0.2, 0.25) is 0 Å². The number of alkyl halides is 6. The number of H-pyrrole nitrogens is 1. The number of halogens is 6. The molecular weight excluding hydrogens is 512 g/mol. The van der Waals surface area contributed by atoms with Crippen LogP contribution in [0.5, 0.6) is 0 Å². The standard InChI is InChI=1S/C23H23F6N3O3S/c1-35-18-13(12-7-10-9(19(30)23(27,28)29)3-2-4-11(10)36-12)16(24)14(20(25)26)15-17(18)32(8-5-6-8)22(34)31-21(15)33/h7-9,13,16,19-20H,2-6,30H2,1H3,(H,31,33,34). The maximum Gasteiger partial charge on any atom is 0.404 e. The van der Waals surface area contributed by atoms with E-state index in [0.717, 1.165) is 15.9 Å². The van der Waals surface area contributed by atoms with Crippen LogP contribution < -0.4 is 27.6 Å². The van der Waals surface area contributed by atoms with Gasteiger partial charge >= 0.3 is 11.9 Å². The van der Waals surface area contributed by atoms with Crippen LogP contribution in [0.15, 0.2) is 15.7 Å². The van der Waals surface area contributed by atoms with Gasteiger partial charge in [0.1, 0.15) is 18.0 Å². The molecule has 0 aliphatic heterocycles. The monoisotopic (exact) mass is 535 g/mol. The van der Waals surface area contributed by atoms with Gasteiger partial charge in [0, 0.05) is 27.3 Å². The van der Waals surface area contributed by atoms with Crippen molar-refractivity contribution >= 4 is 22.7 Å². The van der Waals surface area contributed by atoms with Gasteiger partial charge in [0.05, 0.1) is 23.6 Å². The first-order valence-electron chi connectivity index (χ1n) is 11.5. The molecule has 5 rings (SSSR count). The van der Waals surface area contributed by atoms with Gasteiger partial charge in [-0.15, -0.1) is 11.3 Å². The number of thiophene rings is 1. The number of nitrogens with two attached hydrogens (primary N) is 1. The number of methoxy groups -OCH3 is 1. The lowest BCUT2D eigenvalue weighted by molar-refractivity contribution is -0.153. The third kappa shape index (κ3) is 3.90. The predicted molar refractivity (Wildman–Crippen MR) is 120 cm³/mol. The molecule has 1 saturated carbocycles. The van der Waals surface area contributed by atoms with Gasteiger partial charge in [-0.25, -0.2) is 18.0 Å². The third-order valence-corrected chi connectivity index (χ3v) is 8.50. The lowest BCUT2D eigenvalue weighted by Gasteiger charge is -2.29. The Kier molecular flexibility index (Phi) is 6.13. The summed E-state index contributed by atoms with van der Waals surface area (Å²) in [5.41, 5.74) is 2.82. The van der Waals surface area contributed by atoms with Gasteiger partial charge in [0.15, 0.2) is 0 Å². The van der Waals surface area contributed by atoms with E-state index < -0.39 is 58.7 Å². The molecule has 0 amide bonds. The second kappa shape index (κ2) is 8.79. The van der Waals surface area contributed by atoms with E-state index >= 15 is 4.39 Å². The van der Waals surface area contributed by atoms with Crippen molar-refractivity contribution in [1.29, 1.82) is 0 Å². The number of rotatable bonds is 5. The van der Waals surface area contributed by atoms with E-state index in [4.69, 9.17) is 10.5 Å². The van der Waals surface area contributed by atoms with Crippen LogP contribution >= 0.6 is 11.3 Å². The first kappa shape index (κ1) is 25.1. The first-order chi connectivity index (χ1) is 17.0. The summed E-state index contributed by atoms with van der Waals surface area (Å²) in [4.78, 5) is 28.1. The largest absolute Gasteiger partial charge is 0.498 e. The Morgan fingerprint density at radius 3 is 2.50 bits per heavy atom. The molecule has 0 saturated heterocycles. The van der Waals surface area contributed by atoms with Crippen LogP contribution in [0.1, 0.15) is 58.9 Å². The number of nitrogens with zero attached hydrogens (tertiary/aromatic N) is 1. The third-order valence-electron chi connectivity index (χ3n) is 7.20. The summed E-state index contributed by atoms with van der Waals surface area (Å²) in [6.45, 7) is 0. The molecule has 6 nitrogen and oxygen atoms in total. The maximum atomic E-state index is 15.9. The van der Waals surface area contributed by atoms with Crippen molar-refractivity contribution in [2.75, 3.05) is 7.11 Å². The zero-order chi connectivity index (χ0) is 26.1. The fourth-order valence-electron chi connectivity index (χ4n) is 5.43. The highest BCUT2D eigenvalue weighted by molar-refractivity contribution is 7.12. The van der Waals surface area contributed by atoms with E-state index in [2.05, 4.69) is 0 Å². The number of hydrogen-bond acceptors (Lipinski definition) is 5. The molecule has 2 aromatic rings. The fraction of sp³-hybridized carbons (Fsp3) is 0.565. The molecule has 0 spiro atoms. The SMILES string of the molecule is COC1=c2c(c(=O)[nH]c(=O)n2C2CC2)=C(C(F)F)C(F)C1c1cc2c(s1)CCCC2C(N)C(F)(F)F. The highest BCUT2D eigenvalue weighted by Crippen LogP contribution is 2.47. The summed E-state index contributed by atoms with van der Waals surface area (Å²) < 4.78 is 91.3. The summed E-state index contributed by atoms with van der Waals surface area (Å²) in [6.07, 6.45) is -8.19. The molecule has 196 valence electrons. The van der Waals surface area contributed by atoms with Crippen LogP contribution in [0.25, 0.3) is 11.3 Å². The minimum Gasteiger partial charge on any atom is -0.498 e. The summed E-state index contributed by atoms with van der Waals surface area (Å²) in [5.74, 6) is -2.69. The zero-order valence-electron chi connectivity index (χ0n) is 19.0. The Hall–Kier alpha value is -2.54. The van der Waals surface area contributed by atoms with Crippen molar-refractivity contribution in [3.63, 3.8) is 0 Å². The van der Waals surface area contributed by atoms with Gasteiger partial charge in [0.2, 0.25) is 0 Å². The maximum absolute atomic E-state index is 15.9. The number of aryl methyl sites for hydroxylation is 1. The lowest BCUT2D eigenvalue weighted by Crippen LogP contribution is -2.59. The van der Waals surface area contributed by atoms with Crippen molar-refractivity contribution in [3.8, 4) is 0 Å². The van der Waals surface area contributed by atoms with Crippen molar-refractivity contribution < 1.29 is 31.1 Å². The Morgan fingerprint density at radius 1 is 1.22 bits per heavy atom. The molecule has 4 unspecified atom stereocenters. The number of aromatic nitrogens is 2. The topological polar surface area (TPSA) is 90.1 Å². The number of hydrogen-bond donors (Lipinski definition) is 2. The van der Waals surface area contributed by atoms with Gasteiger partial charge in [-0.3, -0.25) is 14.3 Å². The van der Waals surface area contributed by atoms with Crippen molar-refractivity contribution in [3.05, 3.63) is 52.8 Å². The molecule has 3 N–H and O–H groups in total. The average molecular weight is 536 g/mol. The second-order valence-corrected chi connectivity index (χ2v) is 10.5. The van der Waals surface area contributed by atoms with Gasteiger partial charge in [-0.1, -0.05) is 0 Å². The molecule has 0 radical (unpaired) electrons. The Balaban J connectivity index is 1.77. The van der Waals surface area contributed by atoms with E-state index in [1.165, 1.54) is 13.2 Å². The number of nitrogens with one attached hydrogen (secondary N) is 1. The van der Waals surface area contributed by atoms with Crippen molar-refractivity contribution in [2.24, 2.45) is 5.73 Å². The van der Waals surface area contributed by atoms with Crippen molar-refractivity contribution in [1.82, 2.24) is 9.55 Å². The van der Waals surface area contributed by atoms with Gasteiger partial charge in [-0.2, -0.15) is 13.2 Å². The minimum absolute atomic E-state index is 0.174. The Morgan fingerprint density at radius 2 is 1.92 bits per heavy atom. The fourth-order valence-corrected chi connectivity index (χ4v) is 6.83. The number of fused-ring (bicyclic) bond motifs is 2. The molecule has 2 aromatic heterocycles. The van der Waals surface area contributed by atoms with Gasteiger partial charge in [-0.05, 0) is 43.7 Å². The van der Waals surface area contributed by atoms with Crippen LogP contribution in [-0.4, -0.2) is 41.5 Å². The van der Waals surface area contributed by atoms with Crippen molar-refractivity contribution in [2.45, 2.75) is 74.8 Å². The minimum atomic E-state index is -4.64. The van der Waals surface area contributed by atoms with E-state index in [9.17, 15) is 31.5 Å². The number of ether oxygens (including phenoxy) is 1. The summed E-state index contributed by atoms with van der Waals surface area (Å²) in [5, 5.41) is -0.826. The normalized spacial score (nSPS) is 25.1. The molecule has 3 aliphatic rings. The van der Waals surface area contributed by atoms with Gasteiger partial charge < -0.3 is 10.5 Å². The van der Waals surface area contributed by atoms with Crippen LogP contribution in [0.4, 0.5) is 26.3 Å². The first-order valence-corrected chi connectivity index (χ1v) is 12.3. The van der Waals surface area contributed by atoms with Crippen LogP contribution in [0.3, 0.4) is 0 Å². The molecule has 3 aliphatic carbocycles. The molecule has 1 fully saturated rings. The van der Waals surface area contributed by atoms with Crippen LogP contribution in [-0.2, 0) is 11.2 Å². The molecule has 13 heteroatoms. The quantitative estimate of drug-likeness (QED) is 0.576.